The van der Waals surface area contributed by atoms with Crippen molar-refractivity contribution in [3.63, 3.8) is 0 Å². The number of aromatic nitrogens is 2. The fourth-order valence-electron chi connectivity index (χ4n) is 4.88. The summed E-state index contributed by atoms with van der Waals surface area (Å²) in [4.78, 5) is 26.7. The highest BCUT2D eigenvalue weighted by atomic mass is 35.5. The number of likely N-dealkylation sites (N-methyl/N-ethyl adjacent to an activating group) is 1. The molecule has 13 heteroatoms. The molecule has 5 rings (SSSR count). The third-order valence-electron chi connectivity index (χ3n) is 7.50. The van der Waals surface area contributed by atoms with Crippen molar-refractivity contribution in [1.82, 2.24) is 20.0 Å². The lowest BCUT2D eigenvalue weighted by Crippen LogP contribution is -2.58. The zero-order valence-electron chi connectivity index (χ0n) is 23.9. The zero-order valence-corrected chi connectivity index (χ0v) is 25.4. The van der Waals surface area contributed by atoms with Gasteiger partial charge in [0.2, 0.25) is 0 Å². The Morgan fingerprint density at radius 2 is 1.77 bits per heavy atom. The maximum Gasteiger partial charge on any atom is 0.420 e. The summed E-state index contributed by atoms with van der Waals surface area (Å²) in [5.74, 6) is -1.02. The van der Waals surface area contributed by atoms with Gasteiger partial charge >= 0.3 is 6.18 Å². The minimum atomic E-state index is -5.10. The van der Waals surface area contributed by atoms with Gasteiger partial charge in [-0.1, -0.05) is 35.3 Å². The standard InChI is InChI=1S/C31H30Cl2F3N5O3/c1-3-40(29(43)27-23(32)8-5-9-24(27)33)17-30(44,31(34,35)36)16-37-25-12-18(2)13-26-22(25)15-38-41(26)21-7-4-6-19(14-21)28(42)39-20-10-11-20/h4-9,12-15,20,37,44H,3,10-11,16-17H2,1-2H3,(H,39,42). The fourth-order valence-corrected chi connectivity index (χ4v) is 5.44. The first-order valence-electron chi connectivity index (χ1n) is 14.0. The van der Waals surface area contributed by atoms with Crippen LogP contribution >= 0.6 is 23.2 Å². The van der Waals surface area contributed by atoms with Crippen molar-refractivity contribution in [2.45, 2.75) is 44.5 Å². The second-order valence-corrected chi connectivity index (χ2v) is 11.7. The number of halogens is 5. The number of anilines is 1. The van der Waals surface area contributed by atoms with E-state index in [1.54, 1.807) is 41.9 Å². The number of carbonyl (C=O) groups excluding carboxylic acids is 2. The molecule has 1 unspecified atom stereocenters. The van der Waals surface area contributed by atoms with Crippen molar-refractivity contribution < 1.29 is 27.9 Å². The average molecular weight is 649 g/mol. The smallest absolute Gasteiger partial charge is 0.381 e. The molecular formula is C31H30Cl2F3N5O3. The summed E-state index contributed by atoms with van der Waals surface area (Å²) in [6.07, 6.45) is -1.69. The van der Waals surface area contributed by atoms with Gasteiger partial charge in [-0.2, -0.15) is 18.3 Å². The third kappa shape index (κ3) is 6.50. The van der Waals surface area contributed by atoms with Gasteiger partial charge in [0.25, 0.3) is 11.8 Å². The van der Waals surface area contributed by atoms with Crippen molar-refractivity contribution >= 4 is 51.6 Å². The van der Waals surface area contributed by atoms with Crippen LogP contribution in [0.25, 0.3) is 16.6 Å². The van der Waals surface area contributed by atoms with E-state index in [1.165, 1.54) is 31.3 Å². The lowest BCUT2D eigenvalue weighted by Gasteiger charge is -2.36. The van der Waals surface area contributed by atoms with E-state index >= 15 is 0 Å². The van der Waals surface area contributed by atoms with Gasteiger partial charge in [-0.3, -0.25) is 9.59 Å². The summed E-state index contributed by atoms with van der Waals surface area (Å²) in [7, 11) is 0. The molecule has 1 fully saturated rings. The number of alkyl halides is 3. The Bertz CT molecular complexity index is 1700. The van der Waals surface area contributed by atoms with Gasteiger partial charge in [0.15, 0.2) is 5.60 Å². The molecule has 8 nitrogen and oxygen atoms in total. The van der Waals surface area contributed by atoms with Crippen molar-refractivity contribution in [2.24, 2.45) is 0 Å². The summed E-state index contributed by atoms with van der Waals surface area (Å²) in [5.41, 5.74) is -0.798. The Balaban J connectivity index is 1.42. The molecule has 3 aromatic carbocycles. The predicted octanol–water partition coefficient (Wildman–Crippen LogP) is 6.40. The number of aryl methyl sites for hydroxylation is 1. The molecule has 2 amide bonds. The first-order chi connectivity index (χ1) is 20.8. The van der Waals surface area contributed by atoms with E-state index in [2.05, 4.69) is 15.7 Å². The minimum Gasteiger partial charge on any atom is -0.381 e. The Morgan fingerprint density at radius 3 is 2.41 bits per heavy atom. The summed E-state index contributed by atoms with van der Waals surface area (Å²) in [6, 6.07) is 14.9. The summed E-state index contributed by atoms with van der Waals surface area (Å²) in [5, 5.41) is 21.6. The Morgan fingerprint density at radius 1 is 1.09 bits per heavy atom. The number of hydrogen-bond donors (Lipinski definition) is 3. The number of nitrogens with zero attached hydrogens (tertiary/aromatic N) is 3. The Kier molecular flexibility index (Phi) is 8.84. The summed E-state index contributed by atoms with van der Waals surface area (Å²) < 4.78 is 44.8. The molecule has 232 valence electrons. The molecule has 1 aromatic heterocycles. The maximum atomic E-state index is 14.4. The minimum absolute atomic E-state index is 0.0112. The van der Waals surface area contributed by atoms with Crippen molar-refractivity contribution in [3.05, 3.63) is 87.5 Å². The second kappa shape index (κ2) is 12.3. The largest absolute Gasteiger partial charge is 0.420 e. The van der Waals surface area contributed by atoms with Crippen LogP contribution < -0.4 is 10.6 Å². The van der Waals surface area contributed by atoms with Gasteiger partial charge < -0.3 is 20.6 Å². The zero-order chi connectivity index (χ0) is 31.8. The molecule has 0 radical (unpaired) electrons. The molecule has 44 heavy (non-hydrogen) atoms. The van der Waals surface area contributed by atoms with Gasteiger partial charge in [-0.15, -0.1) is 0 Å². The lowest BCUT2D eigenvalue weighted by atomic mass is 10.0. The number of hydrogen-bond acceptors (Lipinski definition) is 5. The molecule has 4 aromatic rings. The number of rotatable bonds is 10. The van der Waals surface area contributed by atoms with Gasteiger partial charge in [0, 0.05) is 29.2 Å². The summed E-state index contributed by atoms with van der Waals surface area (Å²) in [6.45, 7) is 1.11. The number of benzene rings is 3. The van der Waals surface area contributed by atoms with Crippen LogP contribution in [0.2, 0.25) is 10.0 Å². The van der Waals surface area contributed by atoms with Crippen LogP contribution in [0.15, 0.2) is 60.8 Å². The van der Waals surface area contributed by atoms with Crippen LogP contribution in [0.4, 0.5) is 18.9 Å². The highest BCUT2D eigenvalue weighted by Gasteiger charge is 2.55. The number of aliphatic hydroxyl groups is 1. The molecule has 0 saturated heterocycles. The second-order valence-electron chi connectivity index (χ2n) is 10.9. The van der Waals surface area contributed by atoms with E-state index in [1.807, 2.05) is 6.07 Å². The highest BCUT2D eigenvalue weighted by molar-refractivity contribution is 6.39. The molecule has 3 N–H and O–H groups in total. The molecule has 1 saturated carbocycles. The first kappa shape index (κ1) is 31.6. The van der Waals surface area contributed by atoms with E-state index in [0.29, 0.717) is 27.8 Å². The highest BCUT2D eigenvalue weighted by Crippen LogP contribution is 2.35. The van der Waals surface area contributed by atoms with E-state index in [-0.39, 0.29) is 34.1 Å². The number of carbonyl (C=O) groups is 2. The number of fused-ring (bicyclic) bond motifs is 1. The number of nitrogens with one attached hydrogen (secondary N) is 2. The van der Waals surface area contributed by atoms with E-state index < -0.39 is 30.8 Å². The van der Waals surface area contributed by atoms with Gasteiger partial charge in [0.1, 0.15) is 0 Å². The molecule has 1 atom stereocenters. The number of amides is 2. The fraction of sp³-hybridized carbons (Fsp3) is 0.323. The van der Waals surface area contributed by atoms with Gasteiger partial charge in [-0.05, 0) is 74.7 Å². The molecule has 0 bridgehead atoms. The molecule has 1 aliphatic carbocycles. The van der Waals surface area contributed by atoms with E-state index in [9.17, 15) is 27.9 Å². The SMILES string of the molecule is CCN(CC(O)(CNc1cc(C)cc2c1cnn2-c1cccc(C(=O)NC2CC2)c1)C(F)(F)F)C(=O)c1c(Cl)cccc1Cl. The van der Waals surface area contributed by atoms with Crippen LogP contribution in [-0.4, -0.2) is 69.1 Å². The van der Waals surface area contributed by atoms with Crippen molar-refractivity contribution in [3.8, 4) is 5.69 Å². The normalized spacial score (nSPS) is 14.7. The summed E-state index contributed by atoms with van der Waals surface area (Å²) >= 11 is 12.3. The molecule has 1 aliphatic rings. The van der Waals surface area contributed by atoms with Gasteiger partial charge in [-0.25, -0.2) is 4.68 Å². The maximum absolute atomic E-state index is 14.4. The van der Waals surface area contributed by atoms with E-state index in [0.717, 1.165) is 23.3 Å². The quantitative estimate of drug-likeness (QED) is 0.185. The first-order valence-corrected chi connectivity index (χ1v) is 14.7. The van der Waals surface area contributed by atoms with Crippen molar-refractivity contribution in [2.75, 3.05) is 25.0 Å². The van der Waals surface area contributed by atoms with Crippen LogP contribution in [0.1, 0.15) is 46.0 Å². The monoisotopic (exact) mass is 647 g/mol. The van der Waals surface area contributed by atoms with Crippen molar-refractivity contribution in [1.29, 1.82) is 0 Å². The Labute approximate surface area is 261 Å². The average Bonchev–Trinajstić information content (AvgIpc) is 3.69. The lowest BCUT2D eigenvalue weighted by molar-refractivity contribution is -0.257. The van der Waals surface area contributed by atoms with Crippen LogP contribution in [0, 0.1) is 6.92 Å². The molecule has 0 spiro atoms. The van der Waals surface area contributed by atoms with E-state index in [4.69, 9.17) is 23.2 Å². The molecular weight excluding hydrogens is 618 g/mol. The van der Waals surface area contributed by atoms with Crippen LogP contribution in [0.5, 0.6) is 0 Å². The van der Waals surface area contributed by atoms with Crippen LogP contribution in [-0.2, 0) is 0 Å². The third-order valence-corrected chi connectivity index (χ3v) is 8.13. The van der Waals surface area contributed by atoms with Gasteiger partial charge in [0.05, 0.1) is 46.1 Å². The predicted molar refractivity (Wildman–Crippen MR) is 164 cm³/mol. The Hall–Kier alpha value is -3.80. The topological polar surface area (TPSA) is 99.5 Å². The molecule has 0 aliphatic heterocycles. The molecule has 1 heterocycles. The van der Waals surface area contributed by atoms with Crippen LogP contribution in [0.3, 0.4) is 0 Å².